The van der Waals surface area contributed by atoms with Gasteiger partial charge in [-0.25, -0.2) is 4.98 Å². The van der Waals surface area contributed by atoms with E-state index in [1.165, 1.54) is 6.42 Å². The van der Waals surface area contributed by atoms with Crippen molar-refractivity contribution in [3.63, 3.8) is 0 Å². The Morgan fingerprint density at radius 1 is 1.33 bits per heavy atom. The fourth-order valence-electron chi connectivity index (χ4n) is 4.01. The monoisotopic (exact) mass is 425 g/mol. The number of nitrogens with zero attached hydrogens (tertiary/aromatic N) is 2. The Labute approximate surface area is 181 Å². The van der Waals surface area contributed by atoms with Crippen LogP contribution < -0.4 is 5.56 Å². The number of esters is 1. The first-order valence-electron chi connectivity index (χ1n) is 10.3. The number of hydrogen-bond acceptors (Lipinski definition) is 6. The van der Waals surface area contributed by atoms with Crippen molar-refractivity contribution >= 4 is 17.7 Å². The first kappa shape index (κ1) is 22.1. The zero-order chi connectivity index (χ0) is 21.7. The lowest BCUT2D eigenvalue weighted by Crippen LogP contribution is -2.36. The highest BCUT2D eigenvalue weighted by Gasteiger charge is 2.33. The number of nitriles is 1. The molecule has 6 nitrogen and oxygen atoms in total. The van der Waals surface area contributed by atoms with Gasteiger partial charge in [0.2, 0.25) is 0 Å². The summed E-state index contributed by atoms with van der Waals surface area (Å²) in [6, 6.07) is 11.0. The van der Waals surface area contributed by atoms with Crippen LogP contribution in [-0.2, 0) is 9.53 Å². The van der Waals surface area contributed by atoms with Gasteiger partial charge in [-0.15, -0.1) is 0 Å². The molecule has 0 bridgehead atoms. The summed E-state index contributed by atoms with van der Waals surface area (Å²) in [5.74, 6) is 1.15. The molecule has 1 aliphatic rings. The molecule has 3 atom stereocenters. The number of nitrogens with one attached hydrogen (secondary N) is 1. The molecule has 0 saturated heterocycles. The number of carbonyl (C=O) groups is 1. The molecule has 1 aromatic carbocycles. The van der Waals surface area contributed by atoms with Crippen LogP contribution in [0.15, 0.2) is 40.3 Å². The molecule has 2 aromatic rings. The molecular formula is C23H27N3O3S. The van der Waals surface area contributed by atoms with Gasteiger partial charge in [0.25, 0.3) is 5.56 Å². The van der Waals surface area contributed by atoms with E-state index in [0.717, 1.165) is 24.6 Å². The average molecular weight is 426 g/mol. The SMILES string of the molecule is CC(C)[C@@H]1CC[C@@H](C)C[C@@H]1OC(=O)CSc1nc(-c2ccccc2)c(C#N)c(=O)[nH]1. The molecule has 1 saturated carbocycles. The van der Waals surface area contributed by atoms with Crippen LogP contribution in [0, 0.1) is 29.1 Å². The third-order valence-electron chi connectivity index (χ3n) is 5.63. The van der Waals surface area contributed by atoms with Gasteiger partial charge >= 0.3 is 5.97 Å². The highest BCUT2D eigenvalue weighted by molar-refractivity contribution is 7.99. The van der Waals surface area contributed by atoms with Gasteiger partial charge in [-0.2, -0.15) is 5.26 Å². The molecule has 158 valence electrons. The lowest BCUT2D eigenvalue weighted by atomic mass is 9.75. The topological polar surface area (TPSA) is 95.8 Å². The number of benzene rings is 1. The Balaban J connectivity index is 1.71. The maximum Gasteiger partial charge on any atom is 0.316 e. The molecule has 0 radical (unpaired) electrons. The molecule has 1 aliphatic carbocycles. The predicted molar refractivity (Wildman–Crippen MR) is 117 cm³/mol. The van der Waals surface area contributed by atoms with Crippen molar-refractivity contribution in [2.75, 3.05) is 5.75 Å². The van der Waals surface area contributed by atoms with Gasteiger partial charge in [0.1, 0.15) is 17.7 Å². The molecule has 7 heteroatoms. The highest BCUT2D eigenvalue weighted by Crippen LogP contribution is 2.35. The van der Waals surface area contributed by atoms with E-state index >= 15 is 0 Å². The van der Waals surface area contributed by atoms with Crippen molar-refractivity contribution in [3.05, 3.63) is 46.2 Å². The van der Waals surface area contributed by atoms with Crippen molar-refractivity contribution in [2.24, 2.45) is 17.8 Å². The first-order valence-corrected chi connectivity index (χ1v) is 11.3. The van der Waals surface area contributed by atoms with Crippen LogP contribution in [0.25, 0.3) is 11.3 Å². The van der Waals surface area contributed by atoms with E-state index in [1.807, 2.05) is 24.3 Å². The second-order valence-corrected chi connectivity index (χ2v) is 9.18. The number of rotatable bonds is 6. The maximum absolute atomic E-state index is 12.5. The van der Waals surface area contributed by atoms with E-state index in [2.05, 4.69) is 30.7 Å². The van der Waals surface area contributed by atoms with Gasteiger partial charge in [0, 0.05) is 5.56 Å². The number of ether oxygens (including phenoxy) is 1. The molecule has 0 amide bonds. The molecule has 30 heavy (non-hydrogen) atoms. The van der Waals surface area contributed by atoms with Crippen LogP contribution in [0.5, 0.6) is 0 Å². The number of aromatic nitrogens is 2. The minimum Gasteiger partial charge on any atom is -0.461 e. The maximum atomic E-state index is 12.5. The van der Waals surface area contributed by atoms with Crippen LogP contribution in [0.2, 0.25) is 0 Å². The van der Waals surface area contributed by atoms with E-state index in [4.69, 9.17) is 4.74 Å². The van der Waals surface area contributed by atoms with E-state index in [0.29, 0.717) is 34.2 Å². The Morgan fingerprint density at radius 2 is 2.07 bits per heavy atom. The summed E-state index contributed by atoms with van der Waals surface area (Å²) in [6.45, 7) is 6.54. The Kier molecular flexibility index (Phi) is 7.33. The molecule has 0 aliphatic heterocycles. The first-order chi connectivity index (χ1) is 14.4. The van der Waals surface area contributed by atoms with E-state index in [1.54, 1.807) is 12.1 Å². The summed E-state index contributed by atoms with van der Waals surface area (Å²) in [5, 5.41) is 9.65. The van der Waals surface area contributed by atoms with Gasteiger partial charge < -0.3 is 9.72 Å². The molecule has 1 N–H and O–H groups in total. The Bertz CT molecular complexity index is 981. The zero-order valence-corrected chi connectivity index (χ0v) is 18.4. The Hall–Kier alpha value is -2.59. The minimum atomic E-state index is -0.511. The second-order valence-electron chi connectivity index (χ2n) is 8.22. The summed E-state index contributed by atoms with van der Waals surface area (Å²) in [7, 11) is 0. The normalized spacial score (nSPS) is 21.2. The Morgan fingerprint density at radius 3 is 2.73 bits per heavy atom. The van der Waals surface area contributed by atoms with Crippen molar-refractivity contribution < 1.29 is 9.53 Å². The third-order valence-corrected chi connectivity index (χ3v) is 6.47. The number of aromatic amines is 1. The quantitative estimate of drug-likeness (QED) is 0.418. The number of thioether (sulfide) groups is 1. The van der Waals surface area contributed by atoms with Crippen LogP contribution in [0.3, 0.4) is 0 Å². The third kappa shape index (κ3) is 5.31. The molecule has 1 fully saturated rings. The lowest BCUT2D eigenvalue weighted by molar-refractivity contribution is -0.152. The van der Waals surface area contributed by atoms with Crippen molar-refractivity contribution in [2.45, 2.75) is 51.3 Å². The summed E-state index contributed by atoms with van der Waals surface area (Å²) in [5.41, 5.74) is 0.450. The number of carbonyl (C=O) groups excluding carboxylic acids is 1. The van der Waals surface area contributed by atoms with Crippen LogP contribution in [0.4, 0.5) is 0 Å². The fourth-order valence-corrected chi connectivity index (χ4v) is 4.65. The zero-order valence-electron chi connectivity index (χ0n) is 17.6. The van der Waals surface area contributed by atoms with Crippen molar-refractivity contribution in [3.8, 4) is 17.3 Å². The van der Waals surface area contributed by atoms with Gasteiger partial charge in [-0.3, -0.25) is 9.59 Å². The molecular weight excluding hydrogens is 398 g/mol. The number of hydrogen-bond donors (Lipinski definition) is 1. The van der Waals surface area contributed by atoms with E-state index in [9.17, 15) is 14.9 Å². The van der Waals surface area contributed by atoms with Gasteiger partial charge in [-0.05, 0) is 30.6 Å². The van der Waals surface area contributed by atoms with Crippen LogP contribution in [-0.4, -0.2) is 27.8 Å². The fraction of sp³-hybridized carbons (Fsp3) is 0.478. The lowest BCUT2D eigenvalue weighted by Gasteiger charge is -2.36. The van der Waals surface area contributed by atoms with E-state index in [-0.39, 0.29) is 23.4 Å². The van der Waals surface area contributed by atoms with Gasteiger partial charge in [0.05, 0.1) is 11.4 Å². The van der Waals surface area contributed by atoms with Gasteiger partial charge in [-0.1, -0.05) is 69.3 Å². The molecule has 1 aromatic heterocycles. The van der Waals surface area contributed by atoms with Crippen LogP contribution in [0.1, 0.15) is 45.6 Å². The average Bonchev–Trinajstić information content (AvgIpc) is 2.72. The standard InChI is InChI=1S/C23H27N3O3S/c1-14(2)17-10-9-15(3)11-19(17)29-20(27)13-30-23-25-21(16-7-5-4-6-8-16)18(12-24)22(28)26-23/h4-8,14-15,17,19H,9-11,13H2,1-3H3,(H,25,26,28)/t15-,17+,19+/m1/s1. The largest absolute Gasteiger partial charge is 0.461 e. The minimum absolute atomic E-state index is 0.0379. The summed E-state index contributed by atoms with van der Waals surface area (Å²) < 4.78 is 5.82. The van der Waals surface area contributed by atoms with Crippen molar-refractivity contribution in [1.82, 2.24) is 9.97 Å². The summed E-state index contributed by atoms with van der Waals surface area (Å²) >= 11 is 1.12. The van der Waals surface area contributed by atoms with Crippen LogP contribution >= 0.6 is 11.8 Å². The predicted octanol–water partition coefficient (Wildman–Crippen LogP) is 4.40. The summed E-state index contributed by atoms with van der Waals surface area (Å²) in [6.07, 6.45) is 3.08. The molecule has 0 spiro atoms. The summed E-state index contributed by atoms with van der Waals surface area (Å²) in [4.78, 5) is 31.9. The second kappa shape index (κ2) is 9.94. The number of H-pyrrole nitrogens is 1. The van der Waals surface area contributed by atoms with Crippen molar-refractivity contribution in [1.29, 1.82) is 5.26 Å². The smallest absolute Gasteiger partial charge is 0.316 e. The highest BCUT2D eigenvalue weighted by atomic mass is 32.2. The van der Waals surface area contributed by atoms with E-state index < -0.39 is 5.56 Å². The molecule has 3 rings (SSSR count). The molecule has 1 heterocycles. The molecule has 0 unspecified atom stereocenters. The van der Waals surface area contributed by atoms with Gasteiger partial charge in [0.15, 0.2) is 5.16 Å².